The second-order valence-corrected chi connectivity index (χ2v) is 6.90. The molecule has 19 heavy (non-hydrogen) atoms. The quantitative estimate of drug-likeness (QED) is 0.509. The predicted molar refractivity (Wildman–Crippen MR) is 76.9 cm³/mol. The molecule has 1 unspecified atom stereocenters. The fourth-order valence-corrected chi connectivity index (χ4v) is 4.70. The van der Waals surface area contributed by atoms with E-state index in [2.05, 4.69) is 22.4 Å². The molecule has 1 aliphatic rings. The Kier molecular flexibility index (Phi) is 2.53. The van der Waals surface area contributed by atoms with E-state index < -0.39 is 0 Å². The fraction of sp³-hybridized carbons (Fsp3) is 0.500. The van der Waals surface area contributed by atoms with Gasteiger partial charge >= 0.3 is 0 Å². The van der Waals surface area contributed by atoms with Crippen LogP contribution in [-0.4, -0.2) is 31.3 Å². The average Bonchev–Trinajstić information content (AvgIpc) is 2.99. The Morgan fingerprint density at radius 2 is 2.32 bits per heavy atom. The molecule has 0 aliphatic heterocycles. The van der Waals surface area contributed by atoms with Crippen molar-refractivity contribution in [3.05, 3.63) is 10.4 Å². The zero-order valence-electron chi connectivity index (χ0n) is 10.8. The van der Waals surface area contributed by atoms with Crippen molar-refractivity contribution in [1.29, 1.82) is 0 Å². The summed E-state index contributed by atoms with van der Waals surface area (Å²) in [5.41, 5.74) is 2.29. The number of hydrogen-bond acceptors (Lipinski definition) is 6. The first-order valence-corrected chi connectivity index (χ1v) is 8.38. The molecule has 0 saturated heterocycles. The van der Waals surface area contributed by atoms with Crippen molar-refractivity contribution in [2.24, 2.45) is 5.92 Å². The lowest BCUT2D eigenvalue weighted by atomic mass is 9.89. The summed E-state index contributed by atoms with van der Waals surface area (Å²) in [5.74, 6) is 0.771. The number of thioether (sulfide) groups is 1. The lowest BCUT2D eigenvalue weighted by Gasteiger charge is -2.17. The number of fused-ring (bicyclic) bond motifs is 5. The van der Waals surface area contributed by atoms with E-state index in [1.165, 1.54) is 28.7 Å². The summed E-state index contributed by atoms with van der Waals surface area (Å²) >= 11 is 3.40. The van der Waals surface area contributed by atoms with E-state index in [-0.39, 0.29) is 0 Å². The van der Waals surface area contributed by atoms with Gasteiger partial charge in [-0.15, -0.1) is 16.4 Å². The van der Waals surface area contributed by atoms with Crippen LogP contribution in [0.3, 0.4) is 0 Å². The molecule has 4 rings (SSSR count). The number of hydrogen-bond donors (Lipinski definition) is 0. The summed E-state index contributed by atoms with van der Waals surface area (Å²) in [5, 5.41) is 14.1. The summed E-state index contributed by atoms with van der Waals surface area (Å²) in [6.07, 6.45) is 5.54. The van der Waals surface area contributed by atoms with Crippen LogP contribution in [0, 0.1) is 5.92 Å². The van der Waals surface area contributed by atoms with Crippen LogP contribution in [0.15, 0.2) is 5.16 Å². The molecular weight excluding hydrogens is 278 g/mol. The first-order chi connectivity index (χ1) is 9.28. The SMILES string of the molecule is CSc1nc2sc3c(c2c2nnnn12)CCC(C)C3. The van der Waals surface area contributed by atoms with Crippen LogP contribution >= 0.6 is 23.1 Å². The van der Waals surface area contributed by atoms with Gasteiger partial charge in [0.1, 0.15) is 4.83 Å². The molecular formula is C12H13N5S2. The van der Waals surface area contributed by atoms with Gasteiger partial charge in [0.05, 0.1) is 5.39 Å². The monoisotopic (exact) mass is 291 g/mol. The third-order valence-corrected chi connectivity index (χ3v) is 5.52. The Hall–Kier alpha value is -1.21. The van der Waals surface area contributed by atoms with Gasteiger partial charge in [-0.05, 0) is 47.4 Å². The zero-order chi connectivity index (χ0) is 13.0. The average molecular weight is 291 g/mol. The third kappa shape index (κ3) is 1.61. The first-order valence-electron chi connectivity index (χ1n) is 6.34. The normalized spacial score (nSPS) is 19.2. The second kappa shape index (κ2) is 4.14. The Morgan fingerprint density at radius 1 is 1.42 bits per heavy atom. The molecule has 0 spiro atoms. The van der Waals surface area contributed by atoms with E-state index in [0.717, 1.165) is 28.0 Å². The summed E-state index contributed by atoms with van der Waals surface area (Å²) in [4.78, 5) is 7.29. The van der Waals surface area contributed by atoms with E-state index >= 15 is 0 Å². The minimum Gasteiger partial charge on any atom is -0.211 e. The van der Waals surface area contributed by atoms with E-state index in [4.69, 9.17) is 4.98 Å². The molecule has 0 saturated carbocycles. The van der Waals surface area contributed by atoms with Crippen LogP contribution in [0.25, 0.3) is 15.9 Å². The number of nitrogens with zero attached hydrogens (tertiary/aromatic N) is 5. The Morgan fingerprint density at radius 3 is 3.16 bits per heavy atom. The van der Waals surface area contributed by atoms with Crippen molar-refractivity contribution in [2.45, 2.75) is 31.3 Å². The molecule has 0 amide bonds. The molecule has 7 heteroatoms. The molecule has 0 aromatic carbocycles. The number of aryl methyl sites for hydroxylation is 1. The van der Waals surface area contributed by atoms with E-state index in [9.17, 15) is 0 Å². The molecule has 0 bridgehead atoms. The molecule has 5 nitrogen and oxygen atoms in total. The number of thiophene rings is 1. The van der Waals surface area contributed by atoms with Crippen molar-refractivity contribution in [3.63, 3.8) is 0 Å². The van der Waals surface area contributed by atoms with E-state index in [0.29, 0.717) is 0 Å². The Bertz CT molecular complexity index is 775. The van der Waals surface area contributed by atoms with Gasteiger partial charge in [0.15, 0.2) is 10.8 Å². The highest BCUT2D eigenvalue weighted by Gasteiger charge is 2.24. The van der Waals surface area contributed by atoms with Gasteiger partial charge in [-0.2, -0.15) is 4.52 Å². The molecule has 0 radical (unpaired) electrons. The molecule has 3 aromatic rings. The maximum absolute atomic E-state index is 4.73. The fourth-order valence-electron chi connectivity index (χ4n) is 2.78. The second-order valence-electron chi connectivity index (χ2n) is 5.04. The van der Waals surface area contributed by atoms with Gasteiger partial charge in [0.25, 0.3) is 0 Å². The lowest BCUT2D eigenvalue weighted by Crippen LogP contribution is -2.08. The molecule has 98 valence electrons. The van der Waals surface area contributed by atoms with Crippen molar-refractivity contribution >= 4 is 39.0 Å². The van der Waals surface area contributed by atoms with Gasteiger partial charge in [-0.1, -0.05) is 18.7 Å². The highest BCUT2D eigenvalue weighted by atomic mass is 32.2. The Labute approximate surface area is 118 Å². The van der Waals surface area contributed by atoms with Crippen molar-refractivity contribution < 1.29 is 0 Å². The van der Waals surface area contributed by atoms with Crippen LogP contribution in [0.4, 0.5) is 0 Å². The summed E-state index contributed by atoms with van der Waals surface area (Å²) in [6, 6.07) is 0. The predicted octanol–water partition coefficient (Wildman–Crippen LogP) is 2.58. The standard InChI is InChI=1S/C12H13N5S2/c1-6-3-4-7-8(5-6)19-11-9(7)10-14-15-16-17(10)12(13-11)18-2/h6H,3-5H2,1-2H3. The molecule has 1 aliphatic carbocycles. The van der Waals surface area contributed by atoms with Gasteiger partial charge in [-0.25, -0.2) is 4.98 Å². The number of rotatable bonds is 1. The highest BCUT2D eigenvalue weighted by Crippen LogP contribution is 2.39. The van der Waals surface area contributed by atoms with Gasteiger partial charge in [-0.3, -0.25) is 0 Å². The maximum atomic E-state index is 4.73. The van der Waals surface area contributed by atoms with Crippen molar-refractivity contribution in [2.75, 3.05) is 6.26 Å². The van der Waals surface area contributed by atoms with Crippen LogP contribution in [0.1, 0.15) is 23.8 Å². The molecule has 3 aromatic heterocycles. The van der Waals surface area contributed by atoms with Crippen molar-refractivity contribution in [3.8, 4) is 0 Å². The minimum atomic E-state index is 0.771. The van der Waals surface area contributed by atoms with E-state index in [1.807, 2.05) is 17.6 Å². The largest absolute Gasteiger partial charge is 0.211 e. The number of tetrazole rings is 1. The van der Waals surface area contributed by atoms with Crippen LogP contribution < -0.4 is 0 Å². The van der Waals surface area contributed by atoms with Gasteiger partial charge < -0.3 is 0 Å². The smallest absolute Gasteiger partial charge is 0.193 e. The van der Waals surface area contributed by atoms with Crippen LogP contribution in [0.5, 0.6) is 0 Å². The van der Waals surface area contributed by atoms with Crippen LogP contribution in [0.2, 0.25) is 0 Å². The van der Waals surface area contributed by atoms with Gasteiger partial charge in [0.2, 0.25) is 0 Å². The van der Waals surface area contributed by atoms with Gasteiger partial charge in [0, 0.05) is 4.88 Å². The minimum absolute atomic E-state index is 0.771. The topological polar surface area (TPSA) is 56.0 Å². The zero-order valence-corrected chi connectivity index (χ0v) is 12.4. The first kappa shape index (κ1) is 11.6. The third-order valence-electron chi connectivity index (χ3n) is 3.75. The summed E-state index contributed by atoms with van der Waals surface area (Å²) in [6.45, 7) is 2.32. The Balaban J connectivity index is 2.11. The molecule has 3 heterocycles. The lowest BCUT2D eigenvalue weighted by molar-refractivity contribution is 0.509. The summed E-state index contributed by atoms with van der Waals surface area (Å²) in [7, 11) is 0. The maximum Gasteiger partial charge on any atom is 0.193 e. The molecule has 1 atom stereocenters. The summed E-state index contributed by atoms with van der Waals surface area (Å²) < 4.78 is 1.76. The van der Waals surface area contributed by atoms with Crippen LogP contribution in [-0.2, 0) is 12.8 Å². The van der Waals surface area contributed by atoms with Crippen molar-refractivity contribution in [1.82, 2.24) is 25.0 Å². The van der Waals surface area contributed by atoms with E-state index in [1.54, 1.807) is 16.3 Å². The molecule has 0 fully saturated rings. The molecule has 0 N–H and O–H groups in total. The number of aromatic nitrogens is 5. The highest BCUT2D eigenvalue weighted by molar-refractivity contribution is 7.98.